The lowest BCUT2D eigenvalue weighted by Gasteiger charge is -1.98. The van der Waals surface area contributed by atoms with Crippen LogP contribution in [-0.4, -0.2) is 16.1 Å². The molecule has 0 bridgehead atoms. The van der Waals surface area contributed by atoms with Crippen LogP contribution in [-0.2, 0) is 11.2 Å². The van der Waals surface area contributed by atoms with E-state index in [1.165, 1.54) is 0 Å². The van der Waals surface area contributed by atoms with Crippen molar-refractivity contribution in [2.45, 2.75) is 0 Å². The van der Waals surface area contributed by atoms with Gasteiger partial charge in [0.25, 0.3) is 0 Å². The fourth-order valence-electron chi connectivity index (χ4n) is 0.585. The zero-order valence-electron chi connectivity index (χ0n) is 4.39. The Balaban J connectivity index is 2.53. The molecule has 2 heteroatoms. The molecule has 0 aromatic rings. The van der Waals surface area contributed by atoms with Gasteiger partial charge in [-0.15, -0.1) is 6.42 Å². The molecule has 0 amide bonds. The SMILES string of the molecule is C#CC1=CC[S+]([O-])C1. The van der Waals surface area contributed by atoms with Gasteiger partial charge < -0.3 is 4.55 Å². The van der Waals surface area contributed by atoms with Crippen molar-refractivity contribution in [3.05, 3.63) is 11.6 Å². The molecule has 8 heavy (non-hydrogen) atoms. The summed E-state index contributed by atoms with van der Waals surface area (Å²) < 4.78 is 10.6. The highest BCUT2D eigenvalue weighted by atomic mass is 32.2. The lowest BCUT2D eigenvalue weighted by Crippen LogP contribution is -2.01. The zero-order valence-corrected chi connectivity index (χ0v) is 5.20. The second-order valence-electron chi connectivity index (χ2n) is 1.62. The van der Waals surface area contributed by atoms with E-state index in [0.29, 0.717) is 11.5 Å². The fraction of sp³-hybridized carbons (Fsp3) is 0.333. The molecular formula is C6H6OS. The molecule has 0 spiro atoms. The fourth-order valence-corrected chi connectivity index (χ4v) is 1.64. The van der Waals surface area contributed by atoms with Gasteiger partial charge in [0.1, 0.15) is 11.5 Å². The highest BCUT2D eigenvalue weighted by Gasteiger charge is 2.13. The van der Waals surface area contributed by atoms with Gasteiger partial charge in [-0.2, -0.15) is 0 Å². The minimum atomic E-state index is -0.688. The highest BCUT2D eigenvalue weighted by Crippen LogP contribution is 2.08. The molecule has 1 atom stereocenters. The zero-order chi connectivity index (χ0) is 5.98. The Morgan fingerprint density at radius 3 is 2.88 bits per heavy atom. The summed E-state index contributed by atoms with van der Waals surface area (Å²) in [6.45, 7) is 0. The van der Waals surface area contributed by atoms with E-state index >= 15 is 0 Å². The first-order valence-electron chi connectivity index (χ1n) is 2.33. The Kier molecular flexibility index (Phi) is 1.62. The van der Waals surface area contributed by atoms with Crippen molar-refractivity contribution in [2.75, 3.05) is 11.5 Å². The summed E-state index contributed by atoms with van der Waals surface area (Å²) in [7, 11) is 0. The maximum absolute atomic E-state index is 10.6. The summed E-state index contributed by atoms with van der Waals surface area (Å²) in [6.07, 6.45) is 6.90. The summed E-state index contributed by atoms with van der Waals surface area (Å²) >= 11 is -0.688. The summed E-state index contributed by atoms with van der Waals surface area (Å²) in [6, 6.07) is 0. The average Bonchev–Trinajstić information content (AvgIpc) is 2.14. The molecular weight excluding hydrogens is 120 g/mol. The molecule has 0 saturated heterocycles. The van der Waals surface area contributed by atoms with Crippen molar-refractivity contribution in [3.8, 4) is 12.3 Å². The molecule has 1 nitrogen and oxygen atoms in total. The Morgan fingerprint density at radius 2 is 2.62 bits per heavy atom. The molecule has 0 radical (unpaired) electrons. The van der Waals surface area contributed by atoms with Crippen LogP contribution in [0.3, 0.4) is 0 Å². The molecule has 0 aromatic carbocycles. The van der Waals surface area contributed by atoms with Crippen LogP contribution in [0.2, 0.25) is 0 Å². The molecule has 1 unspecified atom stereocenters. The Labute approximate surface area is 52.0 Å². The molecule has 1 rings (SSSR count). The van der Waals surface area contributed by atoms with E-state index in [-0.39, 0.29) is 0 Å². The largest absolute Gasteiger partial charge is 0.616 e. The van der Waals surface area contributed by atoms with Crippen LogP contribution < -0.4 is 0 Å². The van der Waals surface area contributed by atoms with Crippen molar-refractivity contribution in [1.29, 1.82) is 0 Å². The van der Waals surface area contributed by atoms with Crippen LogP contribution in [0.1, 0.15) is 0 Å². The van der Waals surface area contributed by atoms with Crippen LogP contribution in [0.4, 0.5) is 0 Å². The second kappa shape index (κ2) is 2.25. The van der Waals surface area contributed by atoms with Crippen molar-refractivity contribution >= 4 is 11.2 Å². The number of rotatable bonds is 0. The lowest BCUT2D eigenvalue weighted by atomic mass is 10.3. The molecule has 1 heterocycles. The lowest BCUT2D eigenvalue weighted by molar-refractivity contribution is 0.602. The molecule has 1 aliphatic rings. The third kappa shape index (κ3) is 1.06. The maximum atomic E-state index is 10.6. The van der Waals surface area contributed by atoms with Gasteiger partial charge in [-0.3, -0.25) is 0 Å². The highest BCUT2D eigenvalue weighted by molar-refractivity contribution is 7.92. The molecule has 0 N–H and O–H groups in total. The van der Waals surface area contributed by atoms with Crippen molar-refractivity contribution < 1.29 is 4.55 Å². The van der Waals surface area contributed by atoms with E-state index in [9.17, 15) is 4.55 Å². The summed E-state index contributed by atoms with van der Waals surface area (Å²) in [5, 5.41) is 0. The van der Waals surface area contributed by atoms with Gasteiger partial charge in [0.2, 0.25) is 0 Å². The quantitative estimate of drug-likeness (QED) is 0.338. The van der Waals surface area contributed by atoms with E-state index in [0.717, 1.165) is 5.57 Å². The molecule has 0 saturated carbocycles. The van der Waals surface area contributed by atoms with Gasteiger partial charge in [-0.1, -0.05) is 5.92 Å². The maximum Gasteiger partial charge on any atom is 0.138 e. The number of hydrogen-bond acceptors (Lipinski definition) is 1. The van der Waals surface area contributed by atoms with Gasteiger partial charge in [0.05, 0.1) is 5.57 Å². The van der Waals surface area contributed by atoms with Gasteiger partial charge >= 0.3 is 0 Å². The van der Waals surface area contributed by atoms with Gasteiger partial charge in [-0.25, -0.2) is 0 Å². The monoisotopic (exact) mass is 126 g/mol. The van der Waals surface area contributed by atoms with E-state index in [4.69, 9.17) is 6.42 Å². The first-order chi connectivity index (χ1) is 3.83. The van der Waals surface area contributed by atoms with E-state index < -0.39 is 11.2 Å². The Hall–Kier alpha value is -0.390. The predicted molar refractivity (Wildman–Crippen MR) is 34.8 cm³/mol. The van der Waals surface area contributed by atoms with Crippen LogP contribution in [0.15, 0.2) is 11.6 Å². The molecule has 42 valence electrons. The predicted octanol–water partition coefficient (Wildman–Crippen LogP) is 0.308. The number of terminal acetylenes is 1. The topological polar surface area (TPSA) is 23.1 Å². The number of hydrogen-bond donors (Lipinski definition) is 0. The molecule has 0 fully saturated rings. The normalized spacial score (nSPS) is 27.0. The molecule has 0 aliphatic carbocycles. The Morgan fingerprint density at radius 1 is 1.88 bits per heavy atom. The van der Waals surface area contributed by atoms with Crippen LogP contribution in [0, 0.1) is 12.3 Å². The van der Waals surface area contributed by atoms with Crippen molar-refractivity contribution in [3.63, 3.8) is 0 Å². The third-order valence-electron chi connectivity index (χ3n) is 1.02. The summed E-state index contributed by atoms with van der Waals surface area (Å²) in [5.74, 6) is 3.71. The van der Waals surface area contributed by atoms with Crippen LogP contribution >= 0.6 is 0 Å². The minimum Gasteiger partial charge on any atom is -0.616 e. The smallest absolute Gasteiger partial charge is 0.138 e. The van der Waals surface area contributed by atoms with E-state index in [2.05, 4.69) is 5.92 Å². The van der Waals surface area contributed by atoms with Gasteiger partial charge in [-0.05, 0) is 17.3 Å². The molecule has 1 aliphatic heterocycles. The Bertz CT molecular complexity index is 154. The van der Waals surface area contributed by atoms with Gasteiger partial charge in [0, 0.05) is 0 Å². The first-order valence-corrected chi connectivity index (χ1v) is 3.82. The first kappa shape index (κ1) is 5.74. The standard InChI is InChI=1S/C6H6OS/c1-2-6-3-4-8(7)5-6/h1,3H,4-5H2. The molecule has 0 aromatic heterocycles. The van der Waals surface area contributed by atoms with Crippen LogP contribution in [0.5, 0.6) is 0 Å². The van der Waals surface area contributed by atoms with Crippen LogP contribution in [0.25, 0.3) is 0 Å². The van der Waals surface area contributed by atoms with Gasteiger partial charge in [0.15, 0.2) is 0 Å². The minimum absolute atomic E-state index is 0.594. The van der Waals surface area contributed by atoms with E-state index in [1.54, 1.807) is 0 Å². The second-order valence-corrected chi connectivity index (χ2v) is 3.13. The average molecular weight is 126 g/mol. The van der Waals surface area contributed by atoms with Crippen molar-refractivity contribution in [2.24, 2.45) is 0 Å². The third-order valence-corrected chi connectivity index (χ3v) is 2.19. The summed E-state index contributed by atoms with van der Waals surface area (Å²) in [4.78, 5) is 0. The van der Waals surface area contributed by atoms with Crippen molar-refractivity contribution in [1.82, 2.24) is 0 Å². The van der Waals surface area contributed by atoms with E-state index in [1.807, 2.05) is 6.08 Å². The summed E-state index contributed by atoms with van der Waals surface area (Å²) in [5.41, 5.74) is 0.892.